The van der Waals surface area contributed by atoms with E-state index in [1.807, 2.05) is 0 Å². The van der Waals surface area contributed by atoms with E-state index in [1.54, 1.807) is 7.11 Å². The van der Waals surface area contributed by atoms with Crippen LogP contribution in [0.1, 0.15) is 12.8 Å². The summed E-state index contributed by atoms with van der Waals surface area (Å²) in [5.74, 6) is 1.37. The lowest BCUT2D eigenvalue weighted by molar-refractivity contribution is 0.198. The first-order valence-electron chi connectivity index (χ1n) is 5.82. The molecule has 0 spiro atoms. The molecule has 15 heavy (non-hydrogen) atoms. The molecule has 1 fully saturated rings. The van der Waals surface area contributed by atoms with Crippen LogP contribution >= 0.6 is 11.8 Å². The molecule has 3 nitrogen and oxygen atoms in total. The SMILES string of the molecule is COCCNCCN(C)CC1CCCS1. The Bertz CT molecular complexity index is 152. The molecular weight excluding hydrogens is 208 g/mol. The summed E-state index contributed by atoms with van der Waals surface area (Å²) in [5.41, 5.74) is 0. The van der Waals surface area contributed by atoms with Crippen molar-refractivity contribution in [3.8, 4) is 0 Å². The van der Waals surface area contributed by atoms with Gasteiger partial charge in [-0.3, -0.25) is 0 Å². The van der Waals surface area contributed by atoms with Crippen LogP contribution in [0.2, 0.25) is 0 Å². The molecule has 90 valence electrons. The monoisotopic (exact) mass is 232 g/mol. The summed E-state index contributed by atoms with van der Waals surface area (Å²) in [4.78, 5) is 2.43. The summed E-state index contributed by atoms with van der Waals surface area (Å²) in [6.07, 6.45) is 2.82. The number of hydrogen-bond acceptors (Lipinski definition) is 4. The van der Waals surface area contributed by atoms with Crippen LogP contribution < -0.4 is 5.32 Å². The third kappa shape index (κ3) is 6.40. The molecule has 1 aliphatic heterocycles. The molecule has 1 aliphatic rings. The highest BCUT2D eigenvalue weighted by atomic mass is 32.2. The molecule has 4 heteroatoms. The van der Waals surface area contributed by atoms with E-state index < -0.39 is 0 Å². The second kappa shape index (κ2) is 8.39. The molecule has 0 saturated carbocycles. The number of rotatable bonds is 8. The van der Waals surface area contributed by atoms with Crippen LogP contribution in [0, 0.1) is 0 Å². The fraction of sp³-hybridized carbons (Fsp3) is 1.00. The van der Waals surface area contributed by atoms with Crippen molar-refractivity contribution in [2.75, 3.05) is 52.7 Å². The van der Waals surface area contributed by atoms with Gasteiger partial charge < -0.3 is 15.0 Å². The van der Waals surface area contributed by atoms with E-state index in [0.717, 1.165) is 31.5 Å². The molecule has 0 aromatic rings. The minimum absolute atomic E-state index is 0.808. The van der Waals surface area contributed by atoms with Crippen LogP contribution in [0.25, 0.3) is 0 Å². The molecule has 1 atom stereocenters. The molecule has 0 amide bonds. The van der Waals surface area contributed by atoms with E-state index in [0.29, 0.717) is 0 Å². The number of likely N-dealkylation sites (N-methyl/N-ethyl adjacent to an activating group) is 1. The second-order valence-electron chi connectivity index (χ2n) is 4.14. The molecule has 0 bridgehead atoms. The predicted molar refractivity (Wildman–Crippen MR) is 67.7 cm³/mol. The van der Waals surface area contributed by atoms with E-state index in [1.165, 1.54) is 25.1 Å². The van der Waals surface area contributed by atoms with Crippen LogP contribution in [0.3, 0.4) is 0 Å². The van der Waals surface area contributed by atoms with Crippen molar-refractivity contribution in [2.24, 2.45) is 0 Å². The molecule has 1 saturated heterocycles. The lowest BCUT2D eigenvalue weighted by Gasteiger charge is -2.20. The average molecular weight is 232 g/mol. The second-order valence-corrected chi connectivity index (χ2v) is 5.55. The standard InChI is InChI=1S/C11H24N2OS/c1-13(7-5-12-6-8-14-2)10-11-4-3-9-15-11/h11-12H,3-10H2,1-2H3. The highest BCUT2D eigenvalue weighted by Gasteiger charge is 2.16. The van der Waals surface area contributed by atoms with Gasteiger partial charge in [-0.25, -0.2) is 0 Å². The van der Waals surface area contributed by atoms with Gasteiger partial charge in [0.2, 0.25) is 0 Å². The molecule has 1 N–H and O–H groups in total. The zero-order valence-corrected chi connectivity index (χ0v) is 10.8. The molecule has 1 unspecified atom stereocenters. The first-order valence-corrected chi connectivity index (χ1v) is 6.87. The van der Waals surface area contributed by atoms with E-state index in [4.69, 9.17) is 4.74 Å². The summed E-state index contributed by atoms with van der Waals surface area (Å²) < 4.78 is 4.98. The van der Waals surface area contributed by atoms with Crippen molar-refractivity contribution >= 4 is 11.8 Å². The predicted octanol–water partition coefficient (Wildman–Crippen LogP) is 1.05. The molecule has 0 aromatic carbocycles. The highest BCUT2D eigenvalue weighted by Crippen LogP contribution is 2.26. The van der Waals surface area contributed by atoms with Crippen molar-refractivity contribution in [1.29, 1.82) is 0 Å². The maximum atomic E-state index is 4.98. The van der Waals surface area contributed by atoms with Gasteiger partial charge in [0.05, 0.1) is 6.61 Å². The topological polar surface area (TPSA) is 24.5 Å². The number of ether oxygens (including phenoxy) is 1. The normalized spacial score (nSPS) is 21.4. The minimum Gasteiger partial charge on any atom is -0.383 e. The zero-order valence-electron chi connectivity index (χ0n) is 10.00. The van der Waals surface area contributed by atoms with Crippen LogP contribution in [0.15, 0.2) is 0 Å². The van der Waals surface area contributed by atoms with Crippen LogP contribution in [-0.2, 0) is 4.74 Å². The van der Waals surface area contributed by atoms with Gasteiger partial charge in [0.1, 0.15) is 0 Å². The molecular formula is C11H24N2OS. The quantitative estimate of drug-likeness (QED) is 0.632. The molecule has 0 aliphatic carbocycles. The first-order chi connectivity index (χ1) is 7.33. The van der Waals surface area contributed by atoms with Gasteiger partial charge in [0.25, 0.3) is 0 Å². The highest BCUT2D eigenvalue weighted by molar-refractivity contribution is 8.00. The fourth-order valence-electron chi connectivity index (χ4n) is 1.80. The van der Waals surface area contributed by atoms with Crippen molar-refractivity contribution < 1.29 is 4.74 Å². The zero-order chi connectivity index (χ0) is 10.9. The Hall–Kier alpha value is 0.230. The third-order valence-electron chi connectivity index (χ3n) is 2.69. The Morgan fingerprint density at radius 2 is 2.33 bits per heavy atom. The number of hydrogen-bond donors (Lipinski definition) is 1. The molecule has 1 heterocycles. The van der Waals surface area contributed by atoms with Gasteiger partial charge >= 0.3 is 0 Å². The van der Waals surface area contributed by atoms with Gasteiger partial charge in [0, 0.05) is 38.5 Å². The Kier molecular flexibility index (Phi) is 7.44. The molecule has 0 aromatic heterocycles. The number of methoxy groups -OCH3 is 1. The summed E-state index contributed by atoms with van der Waals surface area (Å²) in [6, 6.07) is 0. The van der Waals surface area contributed by atoms with Gasteiger partial charge in [-0.1, -0.05) is 0 Å². The number of nitrogens with zero attached hydrogens (tertiary/aromatic N) is 1. The van der Waals surface area contributed by atoms with Gasteiger partial charge in [-0.05, 0) is 25.6 Å². The lowest BCUT2D eigenvalue weighted by Crippen LogP contribution is -2.34. The van der Waals surface area contributed by atoms with E-state index >= 15 is 0 Å². The maximum Gasteiger partial charge on any atom is 0.0587 e. The molecule has 1 rings (SSSR count). The van der Waals surface area contributed by atoms with E-state index in [9.17, 15) is 0 Å². The lowest BCUT2D eigenvalue weighted by atomic mass is 10.2. The number of nitrogens with one attached hydrogen (secondary N) is 1. The van der Waals surface area contributed by atoms with Crippen LogP contribution in [-0.4, -0.2) is 62.8 Å². The summed E-state index contributed by atoms with van der Waals surface area (Å²) in [7, 11) is 3.96. The van der Waals surface area contributed by atoms with Crippen molar-refractivity contribution in [2.45, 2.75) is 18.1 Å². The Labute approximate surface area is 97.9 Å². The number of thioether (sulfide) groups is 1. The first kappa shape index (κ1) is 13.3. The van der Waals surface area contributed by atoms with Gasteiger partial charge in [-0.2, -0.15) is 11.8 Å². The summed E-state index contributed by atoms with van der Waals surface area (Å²) >= 11 is 2.14. The van der Waals surface area contributed by atoms with Crippen LogP contribution in [0.4, 0.5) is 0 Å². The fourth-order valence-corrected chi connectivity index (χ4v) is 3.16. The van der Waals surface area contributed by atoms with Gasteiger partial charge in [0.15, 0.2) is 0 Å². The van der Waals surface area contributed by atoms with Gasteiger partial charge in [-0.15, -0.1) is 0 Å². The van der Waals surface area contributed by atoms with Crippen molar-refractivity contribution in [1.82, 2.24) is 10.2 Å². The van der Waals surface area contributed by atoms with Crippen LogP contribution in [0.5, 0.6) is 0 Å². The Morgan fingerprint density at radius 1 is 1.47 bits per heavy atom. The third-order valence-corrected chi connectivity index (χ3v) is 4.07. The molecule has 0 radical (unpaired) electrons. The van der Waals surface area contributed by atoms with E-state index in [-0.39, 0.29) is 0 Å². The largest absolute Gasteiger partial charge is 0.383 e. The smallest absolute Gasteiger partial charge is 0.0587 e. The van der Waals surface area contributed by atoms with E-state index in [2.05, 4.69) is 29.0 Å². The summed E-state index contributed by atoms with van der Waals surface area (Å²) in [6.45, 7) is 5.22. The van der Waals surface area contributed by atoms with Crippen molar-refractivity contribution in [3.05, 3.63) is 0 Å². The summed E-state index contributed by atoms with van der Waals surface area (Å²) in [5, 5.41) is 4.25. The average Bonchev–Trinajstić information content (AvgIpc) is 2.70. The van der Waals surface area contributed by atoms with Crippen molar-refractivity contribution in [3.63, 3.8) is 0 Å². The Balaban J connectivity index is 1.91. The maximum absolute atomic E-state index is 4.98. The minimum atomic E-state index is 0.808. The Morgan fingerprint density at radius 3 is 3.00 bits per heavy atom.